The molecule has 0 atom stereocenters. The van der Waals surface area contributed by atoms with Crippen LogP contribution in [0.15, 0.2) is 65.6 Å². The fourth-order valence-electron chi connectivity index (χ4n) is 2.15. The highest BCUT2D eigenvalue weighted by Crippen LogP contribution is 2.23. The molecule has 3 aromatic rings. The number of halogens is 1. The third-order valence-electron chi connectivity index (χ3n) is 3.38. The van der Waals surface area contributed by atoms with Crippen LogP contribution in [0.2, 0.25) is 0 Å². The highest BCUT2D eigenvalue weighted by molar-refractivity contribution is 14.1. The number of ether oxygens (including phenoxy) is 1. The lowest BCUT2D eigenvalue weighted by Gasteiger charge is -2.09. The summed E-state index contributed by atoms with van der Waals surface area (Å²) in [6.07, 6.45) is 0. The third kappa shape index (κ3) is 4.26. The molecule has 0 saturated heterocycles. The zero-order valence-electron chi connectivity index (χ0n) is 13.2. The lowest BCUT2D eigenvalue weighted by Crippen LogP contribution is -2.12. The molecule has 6 nitrogen and oxygen atoms in total. The Morgan fingerprint density at radius 1 is 1.00 bits per heavy atom. The Hall–Kier alpha value is -2.20. The summed E-state index contributed by atoms with van der Waals surface area (Å²) in [5.41, 5.74) is 1.82. The number of benzene rings is 2. The maximum absolute atomic E-state index is 12.5. The second-order valence-corrected chi connectivity index (χ2v) is 8.03. The number of hydrogen-bond donors (Lipinski definition) is 1. The number of methoxy groups -OCH3 is 1. The van der Waals surface area contributed by atoms with Crippen LogP contribution in [0.1, 0.15) is 0 Å². The molecule has 0 aliphatic carbocycles. The summed E-state index contributed by atoms with van der Waals surface area (Å²) in [5, 5.41) is 7.99. The largest absolute Gasteiger partial charge is 0.480 e. The van der Waals surface area contributed by atoms with Crippen molar-refractivity contribution in [2.45, 2.75) is 4.90 Å². The summed E-state index contributed by atoms with van der Waals surface area (Å²) >= 11 is 2.13. The first-order chi connectivity index (χ1) is 12.0. The Morgan fingerprint density at radius 2 is 1.76 bits per heavy atom. The first-order valence-corrected chi connectivity index (χ1v) is 9.81. The molecule has 3 rings (SSSR count). The summed E-state index contributed by atoms with van der Waals surface area (Å²) < 4.78 is 33.5. The van der Waals surface area contributed by atoms with E-state index in [0.717, 1.165) is 9.13 Å². The first-order valence-electron chi connectivity index (χ1n) is 7.24. The fourth-order valence-corrected chi connectivity index (χ4v) is 3.56. The van der Waals surface area contributed by atoms with Gasteiger partial charge in [-0.1, -0.05) is 12.1 Å². The monoisotopic (exact) mass is 467 g/mol. The SMILES string of the molecule is COc1ccc(-c2cccc(NS(=O)(=O)c3ccc(I)cc3)c2)nn1. The molecule has 1 aromatic heterocycles. The van der Waals surface area contributed by atoms with Gasteiger partial charge in [0.05, 0.1) is 17.7 Å². The molecule has 1 N–H and O–H groups in total. The Labute approximate surface area is 159 Å². The molecular formula is C17H14IN3O3S. The number of anilines is 1. The van der Waals surface area contributed by atoms with Gasteiger partial charge in [0.25, 0.3) is 10.0 Å². The molecule has 0 spiro atoms. The van der Waals surface area contributed by atoms with Crippen molar-refractivity contribution in [1.29, 1.82) is 0 Å². The smallest absolute Gasteiger partial charge is 0.261 e. The van der Waals surface area contributed by atoms with Crippen LogP contribution in [0.3, 0.4) is 0 Å². The van der Waals surface area contributed by atoms with Gasteiger partial charge < -0.3 is 4.74 Å². The van der Waals surface area contributed by atoms with E-state index in [0.29, 0.717) is 17.3 Å². The molecule has 0 aliphatic rings. The molecule has 0 fully saturated rings. The molecule has 0 bridgehead atoms. The first kappa shape index (κ1) is 17.6. The normalized spacial score (nSPS) is 11.1. The second kappa shape index (κ2) is 7.36. The fraction of sp³-hybridized carbons (Fsp3) is 0.0588. The van der Waals surface area contributed by atoms with Crippen molar-refractivity contribution in [2.24, 2.45) is 0 Å². The summed E-state index contributed by atoms with van der Waals surface area (Å²) in [4.78, 5) is 0.211. The maximum Gasteiger partial charge on any atom is 0.261 e. The van der Waals surface area contributed by atoms with Crippen LogP contribution < -0.4 is 9.46 Å². The predicted molar refractivity (Wildman–Crippen MR) is 104 cm³/mol. The minimum Gasteiger partial charge on any atom is -0.480 e. The number of sulfonamides is 1. The van der Waals surface area contributed by atoms with Gasteiger partial charge >= 0.3 is 0 Å². The summed E-state index contributed by atoms with van der Waals surface area (Å²) in [5.74, 6) is 0.416. The van der Waals surface area contributed by atoms with Crippen LogP contribution in [-0.4, -0.2) is 25.7 Å². The summed E-state index contributed by atoms with van der Waals surface area (Å²) in [7, 11) is -2.13. The van der Waals surface area contributed by atoms with Crippen LogP contribution in [0.25, 0.3) is 11.3 Å². The number of nitrogens with zero attached hydrogens (tertiary/aromatic N) is 2. The summed E-state index contributed by atoms with van der Waals surface area (Å²) in [6.45, 7) is 0. The number of rotatable bonds is 5. The molecule has 0 aliphatic heterocycles. The van der Waals surface area contributed by atoms with Crippen molar-refractivity contribution in [2.75, 3.05) is 11.8 Å². The van der Waals surface area contributed by atoms with Gasteiger partial charge in [-0.05, 0) is 65.1 Å². The lowest BCUT2D eigenvalue weighted by atomic mass is 10.1. The van der Waals surface area contributed by atoms with Crippen molar-refractivity contribution in [1.82, 2.24) is 10.2 Å². The second-order valence-electron chi connectivity index (χ2n) is 5.10. The number of aromatic nitrogens is 2. The van der Waals surface area contributed by atoms with E-state index in [9.17, 15) is 8.42 Å². The van der Waals surface area contributed by atoms with Crippen LogP contribution in [0.5, 0.6) is 5.88 Å². The number of hydrogen-bond acceptors (Lipinski definition) is 5. The highest BCUT2D eigenvalue weighted by Gasteiger charge is 2.14. The van der Waals surface area contributed by atoms with E-state index in [1.165, 1.54) is 7.11 Å². The standard InChI is InChI=1S/C17H14IN3O3S/c1-24-17-10-9-16(19-20-17)12-3-2-4-14(11-12)21-25(22,23)15-7-5-13(18)6-8-15/h2-11,21H,1H3. The van der Waals surface area contributed by atoms with Gasteiger partial charge in [0.15, 0.2) is 0 Å². The molecule has 2 aromatic carbocycles. The number of nitrogens with one attached hydrogen (secondary N) is 1. The van der Waals surface area contributed by atoms with Gasteiger partial charge in [-0.25, -0.2) is 8.42 Å². The Morgan fingerprint density at radius 3 is 2.40 bits per heavy atom. The van der Waals surface area contributed by atoms with E-state index in [1.54, 1.807) is 54.6 Å². The zero-order valence-corrected chi connectivity index (χ0v) is 16.2. The Kier molecular flexibility index (Phi) is 5.19. The van der Waals surface area contributed by atoms with Crippen LogP contribution in [-0.2, 0) is 10.0 Å². The predicted octanol–water partition coefficient (Wildman–Crippen LogP) is 3.56. The van der Waals surface area contributed by atoms with E-state index >= 15 is 0 Å². The van der Waals surface area contributed by atoms with E-state index in [1.807, 2.05) is 6.07 Å². The molecule has 0 saturated carbocycles. The average molecular weight is 467 g/mol. The van der Waals surface area contributed by atoms with Gasteiger partial charge in [-0.2, -0.15) is 0 Å². The van der Waals surface area contributed by atoms with Gasteiger partial charge in [-0.3, -0.25) is 4.72 Å². The Bertz CT molecular complexity index is 975. The van der Waals surface area contributed by atoms with Crippen LogP contribution in [0.4, 0.5) is 5.69 Å². The minimum atomic E-state index is -3.65. The molecule has 128 valence electrons. The molecular weight excluding hydrogens is 453 g/mol. The molecule has 1 heterocycles. The minimum absolute atomic E-state index is 0.211. The maximum atomic E-state index is 12.5. The van der Waals surface area contributed by atoms with Gasteiger partial charge in [-0.15, -0.1) is 10.2 Å². The molecule has 8 heteroatoms. The average Bonchev–Trinajstić information content (AvgIpc) is 2.62. The van der Waals surface area contributed by atoms with Crippen LogP contribution >= 0.6 is 22.6 Å². The molecule has 0 radical (unpaired) electrons. The van der Waals surface area contributed by atoms with Crippen molar-refractivity contribution in [3.8, 4) is 17.1 Å². The van der Waals surface area contributed by atoms with E-state index < -0.39 is 10.0 Å². The van der Waals surface area contributed by atoms with E-state index in [-0.39, 0.29) is 4.90 Å². The summed E-state index contributed by atoms with van der Waals surface area (Å²) in [6, 6.07) is 17.1. The molecule has 0 amide bonds. The van der Waals surface area contributed by atoms with Gasteiger partial charge in [0.1, 0.15) is 0 Å². The quantitative estimate of drug-likeness (QED) is 0.581. The zero-order chi connectivity index (χ0) is 17.9. The third-order valence-corrected chi connectivity index (χ3v) is 5.50. The topological polar surface area (TPSA) is 81.2 Å². The van der Waals surface area contributed by atoms with Crippen LogP contribution in [0, 0.1) is 3.57 Å². The van der Waals surface area contributed by atoms with E-state index in [4.69, 9.17) is 4.74 Å². The van der Waals surface area contributed by atoms with Crippen molar-refractivity contribution >= 4 is 38.3 Å². The van der Waals surface area contributed by atoms with Crippen molar-refractivity contribution in [3.05, 3.63) is 64.2 Å². The molecule has 0 unspecified atom stereocenters. The molecule has 25 heavy (non-hydrogen) atoms. The van der Waals surface area contributed by atoms with Gasteiger partial charge in [0, 0.05) is 20.9 Å². The van der Waals surface area contributed by atoms with Crippen molar-refractivity contribution < 1.29 is 13.2 Å². The van der Waals surface area contributed by atoms with Crippen molar-refractivity contribution in [3.63, 3.8) is 0 Å². The van der Waals surface area contributed by atoms with E-state index in [2.05, 4.69) is 37.5 Å². The Balaban J connectivity index is 1.87. The highest BCUT2D eigenvalue weighted by atomic mass is 127. The lowest BCUT2D eigenvalue weighted by molar-refractivity contribution is 0.392. The van der Waals surface area contributed by atoms with Gasteiger partial charge in [0.2, 0.25) is 5.88 Å².